The van der Waals surface area contributed by atoms with Gasteiger partial charge in [-0.25, -0.2) is 23.2 Å². The number of hydrogen-bond donors (Lipinski definition) is 2. The fraction of sp³-hybridized carbons (Fsp3) is 0.261. The van der Waals surface area contributed by atoms with Crippen LogP contribution in [0.4, 0.5) is 25.1 Å². The highest BCUT2D eigenvalue weighted by molar-refractivity contribution is 9.13. The van der Waals surface area contributed by atoms with E-state index in [-0.39, 0.29) is 39.4 Å². The van der Waals surface area contributed by atoms with Gasteiger partial charge in [-0.15, -0.1) is 0 Å². The average molecular weight is 660 g/mol. The maximum atomic E-state index is 14.0. The molecular formula is C23H22Br2F2N6O5. The number of nitrogens with zero attached hydrogens (tertiary/aromatic N) is 4. The zero-order valence-electron chi connectivity index (χ0n) is 20.3. The van der Waals surface area contributed by atoms with Crippen LogP contribution in [0.3, 0.4) is 0 Å². The number of halogens is 4. The minimum Gasteiger partial charge on any atom is -0.460 e. The Bertz CT molecular complexity index is 1360. The minimum absolute atomic E-state index is 0.0259. The van der Waals surface area contributed by atoms with Gasteiger partial charge in [-0.05, 0) is 64.0 Å². The van der Waals surface area contributed by atoms with Crippen molar-refractivity contribution >= 4 is 61.3 Å². The van der Waals surface area contributed by atoms with Crippen molar-refractivity contribution < 1.29 is 32.6 Å². The minimum atomic E-state index is -1.01. The van der Waals surface area contributed by atoms with Crippen LogP contribution in [0, 0.1) is 11.6 Å². The Balaban J connectivity index is 1.73. The molecular weight excluding hydrogens is 638 g/mol. The first-order valence-electron chi connectivity index (χ1n) is 10.9. The van der Waals surface area contributed by atoms with E-state index >= 15 is 0 Å². The van der Waals surface area contributed by atoms with Crippen LogP contribution in [0.5, 0.6) is 0 Å². The molecule has 2 aromatic heterocycles. The van der Waals surface area contributed by atoms with Crippen molar-refractivity contribution in [1.82, 2.24) is 20.1 Å². The molecule has 1 atom stereocenters. The largest absolute Gasteiger partial charge is 0.460 e. The normalized spacial score (nSPS) is 11.6. The smallest absolute Gasteiger partial charge is 0.417 e. The molecule has 0 radical (unpaired) electrons. The molecule has 2 amide bonds. The fourth-order valence-corrected chi connectivity index (χ4v) is 4.11. The Hall–Kier alpha value is -3.43. The number of benzene rings is 1. The quantitative estimate of drug-likeness (QED) is 0.324. The zero-order valence-corrected chi connectivity index (χ0v) is 23.5. The van der Waals surface area contributed by atoms with Gasteiger partial charge in [-0.3, -0.25) is 14.5 Å². The van der Waals surface area contributed by atoms with Crippen LogP contribution < -0.4 is 15.5 Å². The van der Waals surface area contributed by atoms with Gasteiger partial charge >= 0.3 is 12.1 Å². The number of nitrogens with one attached hydrogen (secondary N) is 2. The number of carbonyl (C=O) groups excluding carboxylic acids is 3. The van der Waals surface area contributed by atoms with Crippen LogP contribution in [-0.2, 0) is 20.9 Å². The summed E-state index contributed by atoms with van der Waals surface area (Å²) in [5.41, 5.74) is 0.0872. The third-order valence-corrected chi connectivity index (χ3v) is 7.02. The topological polar surface area (TPSA) is 128 Å². The molecule has 1 aromatic carbocycles. The number of pyridine rings is 1. The maximum absolute atomic E-state index is 14.0. The summed E-state index contributed by atoms with van der Waals surface area (Å²) in [4.78, 5) is 42.6. The molecule has 0 aliphatic heterocycles. The van der Waals surface area contributed by atoms with Gasteiger partial charge in [-0.1, -0.05) is 6.07 Å². The van der Waals surface area contributed by atoms with E-state index < -0.39 is 35.8 Å². The lowest BCUT2D eigenvalue weighted by Crippen LogP contribution is -2.31. The summed E-state index contributed by atoms with van der Waals surface area (Å²) in [6, 6.07) is 6.00. The highest BCUT2D eigenvalue weighted by Crippen LogP contribution is 2.31. The lowest BCUT2D eigenvalue weighted by Gasteiger charge is -2.22. The number of carbonyl (C=O) groups is 3. The van der Waals surface area contributed by atoms with E-state index in [2.05, 4.69) is 52.6 Å². The third-order valence-electron chi connectivity index (χ3n) is 4.98. The second kappa shape index (κ2) is 12.9. The molecule has 2 N–H and O–H groups in total. The van der Waals surface area contributed by atoms with Crippen LogP contribution in [0.1, 0.15) is 29.2 Å². The summed E-state index contributed by atoms with van der Waals surface area (Å²) >= 11 is 6.53. The van der Waals surface area contributed by atoms with Gasteiger partial charge in [0.1, 0.15) is 28.7 Å². The summed E-state index contributed by atoms with van der Waals surface area (Å²) in [7, 11) is 3.04. The van der Waals surface area contributed by atoms with Gasteiger partial charge in [-0.2, -0.15) is 5.10 Å². The SMILES string of the molecule is CNCC(=O)OCc1cccnc1N(C)C(=O)OC(C)n1nc(C(=O)Nc2ccc(F)cc2F)c(Br)c1Br. The molecule has 1 unspecified atom stereocenters. The first-order valence-corrected chi connectivity index (χ1v) is 12.5. The van der Waals surface area contributed by atoms with E-state index in [9.17, 15) is 23.2 Å². The molecule has 0 spiro atoms. The average Bonchev–Trinajstić information content (AvgIpc) is 3.18. The number of aromatic nitrogens is 3. The van der Waals surface area contributed by atoms with Crippen molar-refractivity contribution in [2.45, 2.75) is 19.8 Å². The second-order valence-corrected chi connectivity index (χ2v) is 9.24. The van der Waals surface area contributed by atoms with E-state index in [1.54, 1.807) is 19.2 Å². The lowest BCUT2D eigenvalue weighted by molar-refractivity contribution is -0.143. The highest BCUT2D eigenvalue weighted by atomic mass is 79.9. The molecule has 3 aromatic rings. The van der Waals surface area contributed by atoms with Gasteiger partial charge in [0.25, 0.3) is 5.91 Å². The van der Waals surface area contributed by atoms with Gasteiger partial charge in [0.05, 0.1) is 16.7 Å². The zero-order chi connectivity index (χ0) is 28.0. The first kappa shape index (κ1) is 29.1. The molecule has 202 valence electrons. The van der Waals surface area contributed by atoms with Crippen molar-refractivity contribution in [3.05, 3.63) is 68.5 Å². The van der Waals surface area contributed by atoms with Crippen molar-refractivity contribution in [2.75, 3.05) is 30.9 Å². The second-order valence-electron chi connectivity index (χ2n) is 7.70. The molecule has 0 aliphatic rings. The molecule has 11 nitrogen and oxygen atoms in total. The Morgan fingerprint density at radius 2 is 1.95 bits per heavy atom. The Morgan fingerprint density at radius 3 is 2.63 bits per heavy atom. The molecule has 2 heterocycles. The van der Waals surface area contributed by atoms with E-state index in [1.807, 2.05) is 0 Å². The molecule has 0 fully saturated rings. The van der Waals surface area contributed by atoms with Gasteiger partial charge in [0.15, 0.2) is 11.9 Å². The number of anilines is 2. The number of hydrogen-bond acceptors (Lipinski definition) is 8. The molecule has 3 rings (SSSR count). The Morgan fingerprint density at radius 1 is 1.21 bits per heavy atom. The maximum Gasteiger partial charge on any atom is 0.417 e. The number of rotatable bonds is 9. The van der Waals surface area contributed by atoms with Gasteiger partial charge < -0.3 is 20.1 Å². The van der Waals surface area contributed by atoms with Crippen LogP contribution in [0.2, 0.25) is 0 Å². The predicted molar refractivity (Wildman–Crippen MR) is 139 cm³/mol. The molecule has 0 aliphatic carbocycles. The van der Waals surface area contributed by atoms with E-state index in [4.69, 9.17) is 9.47 Å². The van der Waals surface area contributed by atoms with E-state index in [0.29, 0.717) is 11.6 Å². The van der Waals surface area contributed by atoms with Crippen LogP contribution in [0.15, 0.2) is 45.6 Å². The number of ether oxygens (including phenoxy) is 2. The Labute approximate surface area is 232 Å². The van der Waals surface area contributed by atoms with E-state index in [0.717, 1.165) is 17.0 Å². The fourth-order valence-electron chi connectivity index (χ4n) is 3.11. The monoisotopic (exact) mass is 658 g/mol. The summed E-state index contributed by atoms with van der Waals surface area (Å²) in [6.07, 6.45) is -0.352. The summed E-state index contributed by atoms with van der Waals surface area (Å²) in [6.45, 7) is 1.43. The van der Waals surface area contributed by atoms with Crippen molar-refractivity contribution in [1.29, 1.82) is 0 Å². The number of amides is 2. The molecule has 38 heavy (non-hydrogen) atoms. The molecule has 0 saturated heterocycles. The highest BCUT2D eigenvalue weighted by Gasteiger charge is 2.26. The van der Waals surface area contributed by atoms with Crippen molar-refractivity contribution in [3.8, 4) is 0 Å². The van der Waals surface area contributed by atoms with E-state index in [1.165, 1.54) is 24.9 Å². The molecule has 0 bridgehead atoms. The first-order chi connectivity index (χ1) is 18.0. The summed E-state index contributed by atoms with van der Waals surface area (Å²) < 4.78 is 39.5. The van der Waals surface area contributed by atoms with Crippen LogP contribution >= 0.6 is 31.9 Å². The molecule has 15 heteroatoms. The summed E-state index contributed by atoms with van der Waals surface area (Å²) in [5, 5.41) is 9.16. The third kappa shape index (κ3) is 6.90. The number of esters is 1. The lowest BCUT2D eigenvalue weighted by atomic mass is 10.2. The summed E-state index contributed by atoms with van der Waals surface area (Å²) in [5.74, 6) is -2.80. The van der Waals surface area contributed by atoms with Crippen molar-refractivity contribution in [2.24, 2.45) is 0 Å². The Kier molecular flexibility index (Phi) is 9.88. The van der Waals surface area contributed by atoms with Gasteiger partial charge in [0, 0.05) is 24.9 Å². The molecule has 0 saturated carbocycles. The van der Waals surface area contributed by atoms with Crippen molar-refractivity contribution in [3.63, 3.8) is 0 Å². The standard InChI is InChI=1S/C23H22Br2F2N6O5/c1-12(38-23(36)32(3)21-13(5-4-8-29-21)11-37-17(34)10-28-2)33-20(25)18(24)19(31-33)22(35)30-16-7-6-14(26)9-15(16)27/h4-9,12,28H,10-11H2,1-3H3,(H,30,35). The predicted octanol–water partition coefficient (Wildman–Crippen LogP) is 4.39. The van der Waals surface area contributed by atoms with Crippen LogP contribution in [-0.4, -0.2) is 53.4 Å². The van der Waals surface area contributed by atoms with Gasteiger partial charge in [0.2, 0.25) is 0 Å². The van der Waals surface area contributed by atoms with Crippen LogP contribution in [0.25, 0.3) is 0 Å². The number of likely N-dealkylation sites (N-methyl/N-ethyl adjacent to an activating group) is 1.